The van der Waals surface area contributed by atoms with Crippen LogP contribution in [0.4, 0.5) is 5.69 Å². The summed E-state index contributed by atoms with van der Waals surface area (Å²) < 4.78 is 3.44. The maximum Gasteiger partial charge on any atom is 0.271 e. The number of fused-ring (bicyclic) bond motifs is 1. The van der Waals surface area contributed by atoms with Crippen molar-refractivity contribution in [1.29, 1.82) is 0 Å². The minimum absolute atomic E-state index is 0.169. The molecule has 7 heteroatoms. The molecule has 1 aromatic carbocycles. The summed E-state index contributed by atoms with van der Waals surface area (Å²) in [6, 6.07) is 8.29. The number of nitrogens with one attached hydrogen (secondary N) is 2. The monoisotopic (exact) mass is 398 g/mol. The summed E-state index contributed by atoms with van der Waals surface area (Å²) in [5.41, 5.74) is 9.39. The van der Waals surface area contributed by atoms with Crippen LogP contribution in [0.25, 0.3) is 21.3 Å². The average molecular weight is 399 g/mol. The third-order valence-electron chi connectivity index (χ3n) is 5.86. The molecule has 0 spiro atoms. The van der Waals surface area contributed by atoms with E-state index in [0.717, 1.165) is 47.5 Å². The number of aromatic nitrogens is 2. The minimum Gasteiger partial charge on any atom is -0.371 e. The Morgan fingerprint density at radius 3 is 2.54 bits per heavy atom. The van der Waals surface area contributed by atoms with Crippen LogP contribution >= 0.6 is 11.5 Å². The Morgan fingerprint density at radius 1 is 1.21 bits per heavy atom. The third kappa shape index (κ3) is 3.18. The first-order chi connectivity index (χ1) is 13.3. The van der Waals surface area contributed by atoms with Crippen LogP contribution in [0.2, 0.25) is 0 Å². The van der Waals surface area contributed by atoms with Gasteiger partial charge in [-0.2, -0.15) is 0 Å². The van der Waals surface area contributed by atoms with Gasteiger partial charge in [0.2, 0.25) is 0 Å². The van der Waals surface area contributed by atoms with Crippen molar-refractivity contribution in [1.82, 2.24) is 9.36 Å². The fraction of sp³-hybridized carbons (Fsp3) is 0.429. The van der Waals surface area contributed by atoms with Gasteiger partial charge in [0.25, 0.3) is 11.1 Å². The highest BCUT2D eigenvalue weighted by Gasteiger charge is 2.32. The van der Waals surface area contributed by atoms with Crippen molar-refractivity contribution in [3.63, 3.8) is 0 Å². The molecule has 1 unspecified atom stereocenters. The summed E-state index contributed by atoms with van der Waals surface area (Å²) in [4.78, 5) is 29.7. The number of anilines is 1. The maximum atomic E-state index is 12.4. The molecule has 6 nitrogen and oxygen atoms in total. The van der Waals surface area contributed by atoms with E-state index in [9.17, 15) is 9.59 Å². The Morgan fingerprint density at radius 2 is 1.93 bits per heavy atom. The number of rotatable bonds is 4. The zero-order chi connectivity index (χ0) is 20.1. The maximum absolute atomic E-state index is 12.4. The highest BCUT2D eigenvalue weighted by molar-refractivity contribution is 7.13. The van der Waals surface area contributed by atoms with E-state index < -0.39 is 0 Å². The minimum atomic E-state index is -0.332. The van der Waals surface area contributed by atoms with Gasteiger partial charge in [0.1, 0.15) is 5.39 Å². The first-order valence-electron chi connectivity index (χ1n) is 9.70. The van der Waals surface area contributed by atoms with E-state index in [1.165, 1.54) is 17.2 Å². The highest BCUT2D eigenvalue weighted by Crippen LogP contribution is 2.32. The lowest BCUT2D eigenvalue weighted by molar-refractivity contribution is 0.348. The molecule has 0 saturated carbocycles. The molecule has 2 aromatic heterocycles. The third-order valence-corrected chi connectivity index (χ3v) is 6.80. The molecule has 3 heterocycles. The fourth-order valence-electron chi connectivity index (χ4n) is 4.11. The zero-order valence-corrected chi connectivity index (χ0v) is 17.3. The normalized spacial score (nSPS) is 17.6. The van der Waals surface area contributed by atoms with Crippen LogP contribution in [0.3, 0.4) is 0 Å². The molecule has 4 N–H and O–H groups in total. The van der Waals surface area contributed by atoms with E-state index in [-0.39, 0.29) is 22.0 Å². The Kier molecular flexibility index (Phi) is 4.67. The lowest BCUT2D eigenvalue weighted by Crippen LogP contribution is -2.42. The Labute approximate surface area is 167 Å². The van der Waals surface area contributed by atoms with E-state index in [1.54, 1.807) is 0 Å². The van der Waals surface area contributed by atoms with Crippen molar-refractivity contribution in [2.24, 2.45) is 11.7 Å². The van der Waals surface area contributed by atoms with Crippen LogP contribution < -0.4 is 21.8 Å². The van der Waals surface area contributed by atoms with Crippen LogP contribution in [0.15, 0.2) is 33.9 Å². The SMILES string of the molecule is CCc1c(-c2ccc(N3CCC(C(C)(C)N)C3)cc2)[nH]c(=O)c2c(=O)[nH]sc12. The molecular weight excluding hydrogens is 372 g/mol. The summed E-state index contributed by atoms with van der Waals surface area (Å²) in [7, 11) is 0. The van der Waals surface area contributed by atoms with Gasteiger partial charge in [-0.1, -0.05) is 30.6 Å². The van der Waals surface area contributed by atoms with Crippen LogP contribution in [0.1, 0.15) is 32.8 Å². The second-order valence-electron chi connectivity index (χ2n) is 8.20. The zero-order valence-electron chi connectivity index (χ0n) is 16.5. The molecule has 1 aliphatic rings. The molecular formula is C21H26N4O2S. The van der Waals surface area contributed by atoms with E-state index in [4.69, 9.17) is 5.73 Å². The number of nitrogens with two attached hydrogens (primary N) is 1. The molecule has 1 fully saturated rings. The second-order valence-corrected chi connectivity index (χ2v) is 9.01. The fourth-order valence-corrected chi connectivity index (χ4v) is 5.06. The van der Waals surface area contributed by atoms with Gasteiger partial charge in [0.05, 0.1) is 10.4 Å². The molecule has 0 radical (unpaired) electrons. The van der Waals surface area contributed by atoms with Gasteiger partial charge in [-0.3, -0.25) is 14.0 Å². The Hall–Kier alpha value is -2.38. The number of hydrogen-bond donors (Lipinski definition) is 3. The van der Waals surface area contributed by atoms with Crippen LogP contribution in [-0.2, 0) is 6.42 Å². The number of pyridine rings is 1. The molecule has 0 bridgehead atoms. The van der Waals surface area contributed by atoms with Crippen molar-refractivity contribution >= 4 is 27.3 Å². The average Bonchev–Trinajstić information content (AvgIpc) is 3.29. The Balaban J connectivity index is 1.68. The van der Waals surface area contributed by atoms with Crippen molar-refractivity contribution in [2.45, 2.75) is 39.2 Å². The first kappa shape index (κ1) is 19.0. The molecule has 3 aromatic rings. The molecule has 1 aliphatic heterocycles. The van der Waals surface area contributed by atoms with Crippen LogP contribution in [0, 0.1) is 5.92 Å². The summed E-state index contributed by atoms with van der Waals surface area (Å²) in [5.74, 6) is 0.481. The van der Waals surface area contributed by atoms with Gasteiger partial charge >= 0.3 is 0 Å². The number of benzene rings is 1. The molecule has 1 atom stereocenters. The summed E-state index contributed by atoms with van der Waals surface area (Å²) in [6.45, 7) is 8.19. The quantitative estimate of drug-likeness (QED) is 0.629. The second kappa shape index (κ2) is 6.90. The van der Waals surface area contributed by atoms with Crippen molar-refractivity contribution in [2.75, 3.05) is 18.0 Å². The highest BCUT2D eigenvalue weighted by atomic mass is 32.1. The number of nitrogens with zero attached hydrogens (tertiary/aromatic N) is 1. The van der Waals surface area contributed by atoms with Gasteiger partial charge in [0.15, 0.2) is 0 Å². The predicted octanol–water partition coefficient (Wildman–Crippen LogP) is 3.07. The van der Waals surface area contributed by atoms with Gasteiger partial charge in [-0.15, -0.1) is 0 Å². The van der Waals surface area contributed by atoms with Gasteiger partial charge in [0, 0.05) is 24.3 Å². The van der Waals surface area contributed by atoms with Crippen LogP contribution in [0.5, 0.6) is 0 Å². The lowest BCUT2D eigenvalue weighted by atomic mass is 9.88. The number of aryl methyl sites for hydroxylation is 1. The summed E-state index contributed by atoms with van der Waals surface area (Å²) in [5, 5.41) is 0.231. The molecule has 148 valence electrons. The molecule has 0 aliphatic carbocycles. The summed E-state index contributed by atoms with van der Waals surface area (Å²) in [6.07, 6.45) is 1.83. The number of hydrogen-bond acceptors (Lipinski definition) is 5. The largest absolute Gasteiger partial charge is 0.371 e. The molecule has 1 saturated heterocycles. The van der Waals surface area contributed by atoms with Crippen molar-refractivity contribution < 1.29 is 0 Å². The molecule has 0 amide bonds. The van der Waals surface area contributed by atoms with E-state index in [0.29, 0.717) is 5.92 Å². The number of aromatic amines is 2. The van der Waals surface area contributed by atoms with Gasteiger partial charge in [-0.05, 0) is 55.9 Å². The smallest absolute Gasteiger partial charge is 0.271 e. The molecule has 4 rings (SSSR count). The van der Waals surface area contributed by atoms with Crippen LogP contribution in [-0.4, -0.2) is 28.0 Å². The molecule has 28 heavy (non-hydrogen) atoms. The summed E-state index contributed by atoms with van der Waals surface area (Å²) >= 11 is 1.24. The van der Waals surface area contributed by atoms with E-state index in [1.807, 2.05) is 19.1 Å². The topological polar surface area (TPSA) is 95.0 Å². The van der Waals surface area contributed by atoms with Gasteiger partial charge < -0.3 is 15.6 Å². The van der Waals surface area contributed by atoms with Crippen molar-refractivity contribution in [3.8, 4) is 11.3 Å². The number of H-pyrrole nitrogens is 2. The van der Waals surface area contributed by atoms with Crippen molar-refractivity contribution in [3.05, 3.63) is 50.5 Å². The van der Waals surface area contributed by atoms with E-state index in [2.05, 4.69) is 40.2 Å². The lowest BCUT2D eigenvalue weighted by Gasteiger charge is -2.27. The van der Waals surface area contributed by atoms with E-state index >= 15 is 0 Å². The first-order valence-corrected chi connectivity index (χ1v) is 10.5. The van der Waals surface area contributed by atoms with Gasteiger partial charge in [-0.25, -0.2) is 0 Å². The predicted molar refractivity (Wildman–Crippen MR) is 116 cm³/mol. The Bertz CT molecular complexity index is 1120. The standard InChI is InChI=1S/C21H26N4O2S/c1-4-15-17(23-19(26)16-18(15)28-24-20(16)27)12-5-7-14(8-6-12)25-10-9-13(11-25)21(2,3)22/h5-8,13H,4,9-11,22H2,1-3H3,(H,23,26)(H,24,27).